The van der Waals surface area contributed by atoms with Gasteiger partial charge in [-0.3, -0.25) is 4.57 Å². The molecule has 8 heteroatoms. The summed E-state index contributed by atoms with van der Waals surface area (Å²) < 4.78 is 39.6. The van der Waals surface area contributed by atoms with E-state index in [1.165, 1.54) is 23.5 Å². The first-order valence-corrected chi connectivity index (χ1v) is 8.67. The van der Waals surface area contributed by atoms with Crippen LogP contribution in [0, 0.1) is 12.8 Å². The van der Waals surface area contributed by atoms with Crippen molar-refractivity contribution in [2.45, 2.75) is 33.4 Å². The Labute approximate surface area is 148 Å². The SMILES string of the molecule is Cc1cn(-c2ccc(C(F)(F)F)cc2)/c(=N/C(=O)NCCC(C)C)s1. The number of hydrogen-bond acceptors (Lipinski definition) is 2. The van der Waals surface area contributed by atoms with Crippen LogP contribution >= 0.6 is 11.3 Å². The number of alkyl halides is 3. The molecule has 0 aliphatic carbocycles. The first-order chi connectivity index (χ1) is 11.7. The summed E-state index contributed by atoms with van der Waals surface area (Å²) in [5, 5.41) is 2.72. The third-order valence-electron chi connectivity index (χ3n) is 3.44. The van der Waals surface area contributed by atoms with E-state index in [4.69, 9.17) is 0 Å². The van der Waals surface area contributed by atoms with Gasteiger partial charge in [-0.05, 0) is 43.5 Å². The molecule has 2 rings (SSSR count). The van der Waals surface area contributed by atoms with Crippen LogP contribution in [0.5, 0.6) is 0 Å². The van der Waals surface area contributed by atoms with Crippen LogP contribution in [0.1, 0.15) is 30.7 Å². The normalized spacial score (nSPS) is 12.7. The molecule has 0 atom stereocenters. The van der Waals surface area contributed by atoms with Crippen molar-refractivity contribution in [1.29, 1.82) is 0 Å². The standard InChI is InChI=1S/C17H20F3N3OS/c1-11(2)8-9-21-15(24)22-16-23(10-12(3)25-16)14-6-4-13(5-7-14)17(18,19)20/h4-7,10-11H,8-9H2,1-3H3,(H,21,24)/b22-16-. The average Bonchev–Trinajstić information content (AvgIpc) is 2.86. The fraction of sp³-hybridized carbons (Fsp3) is 0.412. The van der Waals surface area contributed by atoms with Crippen molar-refractivity contribution < 1.29 is 18.0 Å². The number of hydrogen-bond donors (Lipinski definition) is 1. The first kappa shape index (κ1) is 19.2. The fourth-order valence-corrected chi connectivity index (χ4v) is 2.95. The number of carbonyl (C=O) groups excluding carboxylic acids is 1. The molecule has 1 aromatic carbocycles. The molecule has 0 fully saturated rings. The number of aryl methyl sites for hydroxylation is 1. The van der Waals surface area contributed by atoms with E-state index in [0.29, 0.717) is 23.0 Å². The molecule has 136 valence electrons. The minimum absolute atomic E-state index is 0.416. The topological polar surface area (TPSA) is 46.4 Å². The molecule has 1 heterocycles. The van der Waals surface area contributed by atoms with Crippen LogP contribution in [-0.2, 0) is 6.18 Å². The molecule has 0 spiro atoms. The van der Waals surface area contributed by atoms with E-state index in [0.717, 1.165) is 23.4 Å². The van der Waals surface area contributed by atoms with Crippen molar-refractivity contribution in [1.82, 2.24) is 9.88 Å². The van der Waals surface area contributed by atoms with E-state index in [2.05, 4.69) is 24.2 Å². The van der Waals surface area contributed by atoms with Crippen molar-refractivity contribution in [3.8, 4) is 5.69 Å². The third-order valence-corrected chi connectivity index (χ3v) is 4.34. The summed E-state index contributed by atoms with van der Waals surface area (Å²) in [4.78, 5) is 17.3. The van der Waals surface area contributed by atoms with Crippen LogP contribution < -0.4 is 10.1 Å². The highest BCUT2D eigenvalue weighted by Crippen LogP contribution is 2.29. The number of benzene rings is 1. The lowest BCUT2D eigenvalue weighted by Gasteiger charge is -2.08. The number of halogens is 3. The molecule has 25 heavy (non-hydrogen) atoms. The van der Waals surface area contributed by atoms with Crippen LogP contribution in [0.4, 0.5) is 18.0 Å². The van der Waals surface area contributed by atoms with Gasteiger partial charge in [-0.2, -0.15) is 18.2 Å². The molecule has 1 N–H and O–H groups in total. The lowest BCUT2D eigenvalue weighted by Crippen LogP contribution is -2.25. The second-order valence-electron chi connectivity index (χ2n) is 6.07. The zero-order valence-corrected chi connectivity index (χ0v) is 15.0. The number of thiazole rings is 1. The van der Waals surface area contributed by atoms with Crippen molar-refractivity contribution in [3.63, 3.8) is 0 Å². The number of amides is 2. The summed E-state index contributed by atoms with van der Waals surface area (Å²) >= 11 is 1.30. The van der Waals surface area contributed by atoms with Gasteiger partial charge in [-0.15, -0.1) is 11.3 Å². The largest absolute Gasteiger partial charge is 0.416 e. The summed E-state index contributed by atoms with van der Waals surface area (Å²) in [6.45, 7) is 6.50. The number of urea groups is 1. The van der Waals surface area contributed by atoms with Crippen molar-refractivity contribution in [2.24, 2.45) is 10.9 Å². The second kappa shape index (κ2) is 7.86. The van der Waals surface area contributed by atoms with E-state index in [9.17, 15) is 18.0 Å². The fourth-order valence-electron chi connectivity index (χ4n) is 2.12. The van der Waals surface area contributed by atoms with Crippen LogP contribution in [-0.4, -0.2) is 17.1 Å². The van der Waals surface area contributed by atoms with Gasteiger partial charge in [0.15, 0.2) is 4.80 Å². The van der Waals surface area contributed by atoms with Crippen LogP contribution in [0.25, 0.3) is 5.69 Å². The minimum Gasteiger partial charge on any atom is -0.336 e. The van der Waals surface area contributed by atoms with E-state index in [-0.39, 0.29) is 0 Å². The van der Waals surface area contributed by atoms with Gasteiger partial charge in [0.2, 0.25) is 0 Å². The lowest BCUT2D eigenvalue weighted by atomic mass is 10.1. The molecule has 0 aliphatic rings. The Morgan fingerprint density at radius 3 is 2.48 bits per heavy atom. The lowest BCUT2D eigenvalue weighted by molar-refractivity contribution is -0.137. The summed E-state index contributed by atoms with van der Waals surface area (Å²) in [7, 11) is 0. The minimum atomic E-state index is -4.38. The molecule has 0 saturated heterocycles. The number of aromatic nitrogens is 1. The van der Waals surface area contributed by atoms with Gasteiger partial charge < -0.3 is 5.32 Å². The third kappa shape index (κ3) is 5.45. The molecule has 0 radical (unpaired) electrons. The zero-order chi connectivity index (χ0) is 18.6. The summed E-state index contributed by atoms with van der Waals surface area (Å²) in [6.07, 6.45) is -1.78. The Morgan fingerprint density at radius 1 is 1.28 bits per heavy atom. The maximum atomic E-state index is 12.7. The number of rotatable bonds is 4. The maximum absolute atomic E-state index is 12.7. The molecule has 1 aromatic heterocycles. The van der Waals surface area contributed by atoms with Gasteiger partial charge in [-0.25, -0.2) is 4.79 Å². The van der Waals surface area contributed by atoms with Crippen molar-refractivity contribution in [2.75, 3.05) is 6.54 Å². The molecule has 2 amide bonds. The second-order valence-corrected chi connectivity index (χ2v) is 7.28. The first-order valence-electron chi connectivity index (χ1n) is 7.86. The Morgan fingerprint density at radius 2 is 1.92 bits per heavy atom. The molecular formula is C17H20F3N3OS. The Hall–Kier alpha value is -2.09. The van der Waals surface area contributed by atoms with E-state index >= 15 is 0 Å². The monoisotopic (exact) mass is 371 g/mol. The summed E-state index contributed by atoms with van der Waals surface area (Å²) in [5.74, 6) is 0.473. The summed E-state index contributed by atoms with van der Waals surface area (Å²) in [6, 6.07) is 4.31. The molecule has 0 bridgehead atoms. The molecule has 0 unspecified atom stereocenters. The number of nitrogens with one attached hydrogen (secondary N) is 1. The number of carbonyl (C=O) groups is 1. The van der Waals surface area contributed by atoms with Crippen molar-refractivity contribution >= 4 is 17.4 Å². The van der Waals surface area contributed by atoms with Gasteiger partial charge in [0, 0.05) is 23.3 Å². The highest BCUT2D eigenvalue weighted by Gasteiger charge is 2.30. The van der Waals surface area contributed by atoms with Gasteiger partial charge in [0.1, 0.15) is 0 Å². The molecule has 2 aromatic rings. The Kier molecular flexibility index (Phi) is 6.05. The van der Waals surface area contributed by atoms with Crippen LogP contribution in [0.3, 0.4) is 0 Å². The van der Waals surface area contributed by atoms with Gasteiger partial charge in [0.05, 0.1) is 5.56 Å². The predicted molar refractivity (Wildman–Crippen MR) is 91.8 cm³/mol. The maximum Gasteiger partial charge on any atom is 0.416 e. The van der Waals surface area contributed by atoms with Crippen LogP contribution in [0.15, 0.2) is 35.5 Å². The van der Waals surface area contributed by atoms with Crippen LogP contribution in [0.2, 0.25) is 0 Å². The average molecular weight is 371 g/mol. The van der Waals surface area contributed by atoms with Gasteiger partial charge >= 0.3 is 12.2 Å². The summed E-state index contributed by atoms with van der Waals surface area (Å²) in [5.41, 5.74) is -0.195. The quantitative estimate of drug-likeness (QED) is 0.844. The predicted octanol–water partition coefficient (Wildman–Crippen LogP) is 4.52. The molecular weight excluding hydrogens is 351 g/mol. The molecule has 4 nitrogen and oxygen atoms in total. The highest BCUT2D eigenvalue weighted by molar-refractivity contribution is 7.09. The van der Waals surface area contributed by atoms with Gasteiger partial charge in [-0.1, -0.05) is 13.8 Å². The Balaban J connectivity index is 2.25. The Bertz CT molecular complexity index is 789. The van der Waals surface area contributed by atoms with Crippen molar-refractivity contribution in [3.05, 3.63) is 45.7 Å². The van der Waals surface area contributed by atoms with E-state index < -0.39 is 17.8 Å². The zero-order valence-electron chi connectivity index (χ0n) is 14.2. The number of nitrogens with zero attached hydrogens (tertiary/aromatic N) is 2. The molecule has 0 aliphatic heterocycles. The van der Waals surface area contributed by atoms with Gasteiger partial charge in [0.25, 0.3) is 0 Å². The van der Waals surface area contributed by atoms with E-state index in [1.54, 1.807) is 10.8 Å². The highest BCUT2D eigenvalue weighted by atomic mass is 32.1. The molecule has 0 saturated carbocycles. The smallest absolute Gasteiger partial charge is 0.336 e. The van der Waals surface area contributed by atoms with E-state index in [1.807, 2.05) is 6.92 Å².